The van der Waals surface area contributed by atoms with Crippen molar-refractivity contribution in [1.82, 2.24) is 20.1 Å². The fourth-order valence-corrected chi connectivity index (χ4v) is 4.54. The summed E-state index contributed by atoms with van der Waals surface area (Å²) in [6.07, 6.45) is 3.59. The normalized spacial score (nSPS) is 18.6. The Hall–Kier alpha value is -3.71. The topological polar surface area (TPSA) is 68.8 Å². The molecule has 1 N–H and O–H groups in total. The minimum absolute atomic E-state index is 0.239. The molecule has 0 saturated carbocycles. The molecule has 2 aromatic carbocycles. The highest BCUT2D eigenvalue weighted by Gasteiger charge is 2.53. The van der Waals surface area contributed by atoms with Gasteiger partial charge in [-0.15, -0.1) is 0 Å². The van der Waals surface area contributed by atoms with Crippen molar-refractivity contribution in [3.05, 3.63) is 96.3 Å². The molecule has 0 bridgehead atoms. The maximum Gasteiger partial charge on any atom is 0.326 e. The Morgan fingerprint density at radius 3 is 1.91 bits per heavy atom. The number of amides is 3. The lowest BCUT2D eigenvalue weighted by Gasteiger charge is -2.37. The Labute approximate surface area is 187 Å². The first-order valence-corrected chi connectivity index (χ1v) is 10.8. The quantitative estimate of drug-likeness (QED) is 0.634. The molecule has 0 radical (unpaired) electrons. The number of hydrogen-bond acceptors (Lipinski definition) is 5. The van der Waals surface area contributed by atoms with Crippen molar-refractivity contribution in [2.45, 2.75) is 5.54 Å². The van der Waals surface area contributed by atoms with Gasteiger partial charge in [0, 0.05) is 44.3 Å². The van der Waals surface area contributed by atoms with Crippen LogP contribution in [-0.4, -0.2) is 59.6 Å². The smallest absolute Gasteiger partial charge is 0.326 e. The van der Waals surface area contributed by atoms with Crippen LogP contribution in [0.2, 0.25) is 0 Å². The number of piperazine rings is 1. The summed E-state index contributed by atoms with van der Waals surface area (Å²) < 4.78 is 0. The number of carbonyl (C=O) groups excluding carboxylic acids is 2. The summed E-state index contributed by atoms with van der Waals surface area (Å²) in [6, 6.07) is 22.6. The molecule has 0 unspecified atom stereocenters. The highest BCUT2D eigenvalue weighted by Crippen LogP contribution is 2.36. The molecule has 7 heteroatoms. The lowest BCUT2D eigenvalue weighted by Crippen LogP contribution is -2.52. The van der Waals surface area contributed by atoms with Crippen molar-refractivity contribution in [2.75, 3.05) is 37.7 Å². The van der Waals surface area contributed by atoms with Gasteiger partial charge in [-0.3, -0.25) is 14.7 Å². The Balaban J connectivity index is 1.36. The highest BCUT2D eigenvalue weighted by atomic mass is 16.2. The molecule has 3 aromatic rings. The van der Waals surface area contributed by atoms with E-state index in [9.17, 15) is 9.59 Å². The Bertz CT molecular complexity index is 1040. The van der Waals surface area contributed by atoms with E-state index in [0.29, 0.717) is 0 Å². The van der Waals surface area contributed by atoms with Crippen LogP contribution in [0.15, 0.2) is 85.2 Å². The molecule has 3 amide bonds. The minimum atomic E-state index is -1.21. The van der Waals surface area contributed by atoms with Gasteiger partial charge in [0.25, 0.3) is 5.91 Å². The van der Waals surface area contributed by atoms with Crippen LogP contribution in [0.5, 0.6) is 0 Å². The average molecular weight is 428 g/mol. The van der Waals surface area contributed by atoms with E-state index in [1.54, 1.807) is 12.4 Å². The zero-order valence-electron chi connectivity index (χ0n) is 17.7. The third-order valence-electron chi connectivity index (χ3n) is 6.26. The summed E-state index contributed by atoms with van der Waals surface area (Å²) in [5.74, 6) is -0.239. The first kappa shape index (κ1) is 20.2. The molecule has 5 rings (SSSR count). The van der Waals surface area contributed by atoms with E-state index in [4.69, 9.17) is 0 Å². The molecule has 2 fully saturated rings. The second-order valence-corrected chi connectivity index (χ2v) is 8.10. The Morgan fingerprint density at radius 1 is 0.781 bits per heavy atom. The molecular formula is C25H25N5O2. The molecule has 3 heterocycles. The summed E-state index contributed by atoms with van der Waals surface area (Å²) in [5, 5.41) is 3.02. The number of nitrogens with one attached hydrogen (secondary N) is 1. The third kappa shape index (κ3) is 3.50. The van der Waals surface area contributed by atoms with Crippen molar-refractivity contribution in [1.29, 1.82) is 0 Å². The predicted molar refractivity (Wildman–Crippen MR) is 122 cm³/mol. The number of imide groups is 1. The average Bonchev–Trinajstić information content (AvgIpc) is 3.12. The number of nitrogens with zero attached hydrogens (tertiary/aromatic N) is 4. The maximum atomic E-state index is 13.8. The largest absolute Gasteiger partial charge is 0.369 e. The van der Waals surface area contributed by atoms with E-state index < -0.39 is 5.54 Å². The zero-order valence-corrected chi connectivity index (χ0v) is 17.7. The minimum Gasteiger partial charge on any atom is -0.369 e. The molecule has 2 aliphatic rings. The molecule has 7 nitrogen and oxygen atoms in total. The van der Waals surface area contributed by atoms with Gasteiger partial charge in [-0.2, -0.15) is 0 Å². The van der Waals surface area contributed by atoms with Crippen LogP contribution in [0.25, 0.3) is 0 Å². The first-order chi connectivity index (χ1) is 15.7. The number of anilines is 1. The second kappa shape index (κ2) is 8.43. The molecular weight excluding hydrogens is 402 g/mol. The van der Waals surface area contributed by atoms with Gasteiger partial charge in [-0.25, -0.2) is 9.69 Å². The van der Waals surface area contributed by atoms with Crippen molar-refractivity contribution < 1.29 is 9.59 Å². The van der Waals surface area contributed by atoms with Gasteiger partial charge in [0.1, 0.15) is 0 Å². The molecule has 162 valence electrons. The van der Waals surface area contributed by atoms with Crippen molar-refractivity contribution in [3.8, 4) is 0 Å². The standard InChI is InChI=1S/C25H25N5O2/c31-23-25(20-7-3-1-4-8-20,21-9-5-2-6-10-21)27-24(32)30(23)19-28-15-17-29(18-16-28)22-11-13-26-14-12-22/h1-14H,15-19H2,(H,27,32). The molecule has 0 aliphatic carbocycles. The fraction of sp³-hybridized carbons (Fsp3) is 0.240. The van der Waals surface area contributed by atoms with Crippen LogP contribution >= 0.6 is 0 Å². The summed E-state index contributed by atoms with van der Waals surface area (Å²) >= 11 is 0. The molecule has 32 heavy (non-hydrogen) atoms. The number of urea groups is 1. The van der Waals surface area contributed by atoms with E-state index in [0.717, 1.165) is 43.0 Å². The number of pyridine rings is 1. The molecule has 0 spiro atoms. The monoisotopic (exact) mass is 427 g/mol. The van der Waals surface area contributed by atoms with Crippen LogP contribution < -0.4 is 10.2 Å². The molecule has 1 aromatic heterocycles. The number of benzene rings is 2. The number of carbonyl (C=O) groups is 2. The fourth-order valence-electron chi connectivity index (χ4n) is 4.54. The lowest BCUT2D eigenvalue weighted by atomic mass is 9.83. The van der Waals surface area contributed by atoms with Gasteiger partial charge in [0.2, 0.25) is 0 Å². The van der Waals surface area contributed by atoms with Gasteiger partial charge in [0.15, 0.2) is 5.54 Å². The van der Waals surface area contributed by atoms with Gasteiger partial charge in [-0.05, 0) is 23.3 Å². The van der Waals surface area contributed by atoms with Gasteiger partial charge < -0.3 is 10.2 Å². The molecule has 0 atom stereocenters. The summed E-state index contributed by atoms with van der Waals surface area (Å²) in [4.78, 5) is 36.7. The predicted octanol–water partition coefficient (Wildman–Crippen LogP) is 2.66. The highest BCUT2D eigenvalue weighted by molar-refractivity contribution is 6.09. The van der Waals surface area contributed by atoms with E-state index in [2.05, 4.69) is 20.1 Å². The number of aromatic nitrogens is 1. The van der Waals surface area contributed by atoms with E-state index in [-0.39, 0.29) is 18.6 Å². The van der Waals surface area contributed by atoms with Crippen molar-refractivity contribution >= 4 is 17.6 Å². The number of hydrogen-bond donors (Lipinski definition) is 1. The summed E-state index contributed by atoms with van der Waals surface area (Å²) in [6.45, 7) is 3.47. The van der Waals surface area contributed by atoms with Crippen LogP contribution in [0.1, 0.15) is 11.1 Å². The van der Waals surface area contributed by atoms with Gasteiger partial charge >= 0.3 is 6.03 Å². The maximum absolute atomic E-state index is 13.8. The van der Waals surface area contributed by atoms with E-state index >= 15 is 0 Å². The van der Waals surface area contributed by atoms with Crippen LogP contribution in [0, 0.1) is 0 Å². The SMILES string of the molecule is O=C1NC(c2ccccc2)(c2ccccc2)C(=O)N1CN1CCN(c2ccncc2)CC1. The molecule has 2 aliphatic heterocycles. The number of rotatable bonds is 5. The second-order valence-electron chi connectivity index (χ2n) is 8.10. The Kier molecular flexibility index (Phi) is 5.33. The third-order valence-corrected chi connectivity index (χ3v) is 6.26. The van der Waals surface area contributed by atoms with Gasteiger partial charge in [-0.1, -0.05) is 60.7 Å². The van der Waals surface area contributed by atoms with Crippen molar-refractivity contribution in [2.24, 2.45) is 0 Å². The van der Waals surface area contributed by atoms with Gasteiger partial charge in [0.05, 0.1) is 6.67 Å². The van der Waals surface area contributed by atoms with Crippen LogP contribution in [0.4, 0.5) is 10.5 Å². The first-order valence-electron chi connectivity index (χ1n) is 10.8. The van der Waals surface area contributed by atoms with Crippen molar-refractivity contribution in [3.63, 3.8) is 0 Å². The molecule has 2 saturated heterocycles. The lowest BCUT2D eigenvalue weighted by molar-refractivity contribution is -0.131. The van der Waals surface area contributed by atoms with Crippen LogP contribution in [0.3, 0.4) is 0 Å². The van der Waals surface area contributed by atoms with Crippen LogP contribution in [-0.2, 0) is 10.3 Å². The van der Waals surface area contributed by atoms with E-state index in [1.165, 1.54) is 4.90 Å². The zero-order chi connectivity index (χ0) is 22.0. The summed E-state index contributed by atoms with van der Waals surface area (Å²) in [7, 11) is 0. The summed E-state index contributed by atoms with van der Waals surface area (Å²) in [5.41, 5.74) is 1.45. The van der Waals surface area contributed by atoms with E-state index in [1.807, 2.05) is 72.8 Å². The Morgan fingerprint density at radius 2 is 1.34 bits per heavy atom.